The Morgan fingerprint density at radius 3 is 2.68 bits per heavy atom. The van der Waals surface area contributed by atoms with Crippen molar-refractivity contribution in [2.45, 2.75) is 32.2 Å². The number of carbonyl (C=O) groups excluding carboxylic acids is 1. The van der Waals surface area contributed by atoms with Gasteiger partial charge in [0, 0.05) is 30.2 Å². The number of imidazole rings is 1. The fraction of sp³-hybridized carbons (Fsp3) is 0.348. The van der Waals surface area contributed by atoms with Crippen LogP contribution < -0.4 is 0 Å². The van der Waals surface area contributed by atoms with Crippen molar-refractivity contribution < 1.29 is 14.3 Å². The number of pyridine rings is 1. The summed E-state index contributed by atoms with van der Waals surface area (Å²) in [5.41, 5.74) is 3.28. The maximum absolute atomic E-state index is 13.8. The van der Waals surface area contributed by atoms with Crippen molar-refractivity contribution in [3.8, 4) is 11.4 Å². The summed E-state index contributed by atoms with van der Waals surface area (Å²) in [6.07, 6.45) is 7.43. The smallest absolute Gasteiger partial charge is 0.253 e. The van der Waals surface area contributed by atoms with Crippen LogP contribution in [0.2, 0.25) is 0 Å². The predicted molar refractivity (Wildman–Crippen MR) is 115 cm³/mol. The van der Waals surface area contributed by atoms with Gasteiger partial charge in [-0.1, -0.05) is 12.8 Å². The highest BCUT2D eigenvalue weighted by molar-refractivity contribution is 6.01. The third-order valence-electron chi connectivity index (χ3n) is 5.92. The van der Waals surface area contributed by atoms with Gasteiger partial charge in [-0.05, 0) is 43.2 Å². The Balaban J connectivity index is 1.61. The molecular weight excluding hydrogens is 397 g/mol. The van der Waals surface area contributed by atoms with Crippen LogP contribution in [0.3, 0.4) is 0 Å². The zero-order valence-electron chi connectivity index (χ0n) is 17.2. The number of aliphatic hydroxyl groups is 1. The third-order valence-corrected chi connectivity index (χ3v) is 5.92. The van der Waals surface area contributed by atoms with E-state index in [1.807, 2.05) is 23.1 Å². The van der Waals surface area contributed by atoms with Crippen molar-refractivity contribution in [1.82, 2.24) is 24.1 Å². The van der Waals surface area contributed by atoms with Crippen molar-refractivity contribution in [2.75, 3.05) is 19.7 Å². The van der Waals surface area contributed by atoms with Crippen LogP contribution in [0.1, 0.15) is 36.0 Å². The van der Waals surface area contributed by atoms with Crippen molar-refractivity contribution in [2.24, 2.45) is 0 Å². The SMILES string of the molecule is O=C(c1ccc2c(-c3cnc4ccc(F)cn34)nn(CCO)c2c1)N1CCCCCC1. The first-order chi connectivity index (χ1) is 15.2. The first kappa shape index (κ1) is 19.7. The first-order valence-corrected chi connectivity index (χ1v) is 10.7. The zero-order valence-corrected chi connectivity index (χ0v) is 17.2. The van der Waals surface area contributed by atoms with Gasteiger partial charge in [0.15, 0.2) is 0 Å². The highest BCUT2D eigenvalue weighted by atomic mass is 19.1. The van der Waals surface area contributed by atoms with Gasteiger partial charge in [0.1, 0.15) is 17.2 Å². The minimum Gasteiger partial charge on any atom is -0.394 e. The highest BCUT2D eigenvalue weighted by Gasteiger charge is 2.21. The Hall–Kier alpha value is -3.26. The molecule has 5 rings (SSSR count). The fourth-order valence-corrected chi connectivity index (χ4v) is 4.35. The molecule has 0 atom stereocenters. The number of nitrogens with zero attached hydrogens (tertiary/aromatic N) is 5. The lowest BCUT2D eigenvalue weighted by Crippen LogP contribution is -2.31. The molecular formula is C23H24FN5O2. The summed E-state index contributed by atoms with van der Waals surface area (Å²) in [5.74, 6) is -0.338. The fourth-order valence-electron chi connectivity index (χ4n) is 4.35. The molecule has 1 aliphatic heterocycles. The summed E-state index contributed by atoms with van der Waals surface area (Å²) in [6, 6.07) is 8.54. The normalized spacial score (nSPS) is 15.0. The van der Waals surface area contributed by atoms with E-state index in [0.717, 1.165) is 49.7 Å². The summed E-state index contributed by atoms with van der Waals surface area (Å²) in [4.78, 5) is 19.4. The Morgan fingerprint density at radius 1 is 1.10 bits per heavy atom. The molecule has 1 amide bonds. The monoisotopic (exact) mass is 421 g/mol. The molecule has 0 bridgehead atoms. The van der Waals surface area contributed by atoms with Gasteiger partial charge in [-0.2, -0.15) is 5.10 Å². The molecule has 160 valence electrons. The van der Waals surface area contributed by atoms with Crippen LogP contribution in [-0.4, -0.2) is 54.8 Å². The second-order valence-electron chi connectivity index (χ2n) is 7.95. The van der Waals surface area contributed by atoms with Gasteiger partial charge in [0.2, 0.25) is 0 Å². The van der Waals surface area contributed by atoms with Gasteiger partial charge in [-0.15, -0.1) is 0 Å². The lowest BCUT2D eigenvalue weighted by atomic mass is 10.1. The molecule has 4 heterocycles. The first-order valence-electron chi connectivity index (χ1n) is 10.7. The Labute approximate surface area is 178 Å². The number of carbonyl (C=O) groups is 1. The van der Waals surface area contributed by atoms with Crippen LogP contribution in [0.15, 0.2) is 42.7 Å². The molecule has 0 unspecified atom stereocenters. The van der Waals surface area contributed by atoms with E-state index in [0.29, 0.717) is 29.1 Å². The topological polar surface area (TPSA) is 75.7 Å². The van der Waals surface area contributed by atoms with Crippen molar-refractivity contribution in [3.63, 3.8) is 0 Å². The van der Waals surface area contributed by atoms with Gasteiger partial charge in [-0.3, -0.25) is 13.9 Å². The molecule has 3 aromatic heterocycles. The number of aromatic nitrogens is 4. The molecule has 1 fully saturated rings. The van der Waals surface area contributed by atoms with Crippen molar-refractivity contribution in [3.05, 3.63) is 54.1 Å². The van der Waals surface area contributed by atoms with Gasteiger partial charge in [0.05, 0.1) is 30.6 Å². The van der Waals surface area contributed by atoms with E-state index in [2.05, 4.69) is 10.1 Å². The zero-order chi connectivity index (χ0) is 21.4. The van der Waals surface area contributed by atoms with E-state index in [-0.39, 0.29) is 18.3 Å². The minimum absolute atomic E-state index is 0.0268. The van der Waals surface area contributed by atoms with Gasteiger partial charge < -0.3 is 10.0 Å². The number of hydrogen-bond donors (Lipinski definition) is 1. The molecule has 1 N–H and O–H groups in total. The number of benzene rings is 1. The summed E-state index contributed by atoms with van der Waals surface area (Å²) in [6.45, 7) is 1.78. The molecule has 0 aliphatic carbocycles. The molecule has 7 nitrogen and oxygen atoms in total. The lowest BCUT2D eigenvalue weighted by molar-refractivity contribution is 0.0762. The molecule has 1 saturated heterocycles. The number of amides is 1. The molecule has 0 saturated carbocycles. The summed E-state index contributed by atoms with van der Waals surface area (Å²) >= 11 is 0. The number of hydrogen-bond acceptors (Lipinski definition) is 4. The number of rotatable bonds is 4. The average molecular weight is 421 g/mol. The van der Waals surface area contributed by atoms with Crippen LogP contribution >= 0.6 is 0 Å². The van der Waals surface area contributed by atoms with E-state index < -0.39 is 0 Å². The number of likely N-dealkylation sites (tertiary alicyclic amines) is 1. The minimum atomic E-state index is -0.365. The maximum atomic E-state index is 13.8. The second-order valence-corrected chi connectivity index (χ2v) is 7.95. The second kappa shape index (κ2) is 8.11. The van der Waals surface area contributed by atoms with Crippen LogP contribution in [-0.2, 0) is 6.54 Å². The van der Waals surface area contributed by atoms with E-state index >= 15 is 0 Å². The Morgan fingerprint density at radius 2 is 1.90 bits per heavy atom. The quantitative estimate of drug-likeness (QED) is 0.547. The van der Waals surface area contributed by atoms with Gasteiger partial charge in [-0.25, -0.2) is 9.37 Å². The Bertz CT molecular complexity index is 1250. The number of aliphatic hydroxyl groups excluding tert-OH is 1. The van der Waals surface area contributed by atoms with Crippen LogP contribution in [0.25, 0.3) is 27.9 Å². The molecule has 1 aliphatic rings. The largest absolute Gasteiger partial charge is 0.394 e. The number of halogens is 1. The molecule has 8 heteroatoms. The number of fused-ring (bicyclic) bond motifs is 2. The van der Waals surface area contributed by atoms with Crippen molar-refractivity contribution in [1.29, 1.82) is 0 Å². The van der Waals surface area contributed by atoms with Crippen molar-refractivity contribution >= 4 is 22.5 Å². The van der Waals surface area contributed by atoms with Crippen LogP contribution in [0.5, 0.6) is 0 Å². The molecule has 0 radical (unpaired) electrons. The summed E-state index contributed by atoms with van der Waals surface area (Å²) < 4.78 is 17.2. The summed E-state index contributed by atoms with van der Waals surface area (Å²) in [7, 11) is 0. The predicted octanol–water partition coefficient (Wildman–Crippen LogP) is 3.50. The van der Waals surface area contributed by atoms with E-state index in [1.165, 1.54) is 12.3 Å². The average Bonchev–Trinajstić information content (AvgIpc) is 3.22. The molecule has 0 spiro atoms. The maximum Gasteiger partial charge on any atom is 0.253 e. The highest BCUT2D eigenvalue weighted by Crippen LogP contribution is 2.30. The van der Waals surface area contributed by atoms with E-state index in [9.17, 15) is 14.3 Å². The van der Waals surface area contributed by atoms with Crippen LogP contribution in [0.4, 0.5) is 4.39 Å². The lowest BCUT2D eigenvalue weighted by Gasteiger charge is -2.20. The standard InChI is InChI=1S/C23H24FN5O2/c24-17-6-8-21-25-14-20(28(21)15-17)22-18-7-5-16(13-19(18)29(26-22)11-12-30)23(31)27-9-3-1-2-4-10-27/h5-8,13-15,30H,1-4,9-12H2. The molecule has 4 aromatic rings. The summed E-state index contributed by atoms with van der Waals surface area (Å²) in [5, 5.41) is 15.0. The van der Waals surface area contributed by atoms with E-state index in [1.54, 1.807) is 21.3 Å². The van der Waals surface area contributed by atoms with Gasteiger partial charge >= 0.3 is 0 Å². The Kier molecular flexibility index (Phi) is 5.15. The van der Waals surface area contributed by atoms with E-state index in [4.69, 9.17) is 0 Å². The molecule has 1 aromatic carbocycles. The molecule has 31 heavy (non-hydrogen) atoms. The van der Waals surface area contributed by atoms with Gasteiger partial charge in [0.25, 0.3) is 5.91 Å². The van der Waals surface area contributed by atoms with Crippen LogP contribution in [0, 0.1) is 5.82 Å². The third kappa shape index (κ3) is 3.57.